The lowest BCUT2D eigenvalue weighted by Crippen LogP contribution is -2.49. The van der Waals surface area contributed by atoms with Gasteiger partial charge >= 0.3 is 0 Å². The highest BCUT2D eigenvalue weighted by Gasteiger charge is 2.35. The van der Waals surface area contributed by atoms with Crippen LogP contribution in [0.25, 0.3) is 0 Å². The maximum absolute atomic E-state index is 12.7. The third-order valence-electron chi connectivity index (χ3n) is 7.72. The van der Waals surface area contributed by atoms with Crippen LogP contribution in [0, 0.1) is 0 Å². The first kappa shape index (κ1) is 22.3. The van der Waals surface area contributed by atoms with Crippen LogP contribution < -0.4 is 14.7 Å². The van der Waals surface area contributed by atoms with Crippen LogP contribution in [-0.4, -0.2) is 97.0 Å². The van der Waals surface area contributed by atoms with E-state index in [0.29, 0.717) is 24.2 Å². The topological polar surface area (TPSA) is 76.1 Å². The van der Waals surface area contributed by atoms with Crippen molar-refractivity contribution < 1.29 is 9.59 Å². The van der Waals surface area contributed by atoms with Gasteiger partial charge in [-0.05, 0) is 37.8 Å². The predicted molar refractivity (Wildman–Crippen MR) is 135 cm³/mol. The SMILES string of the molecule is O=C1c2ccccc2C(=O)N1CCN1CCN(c2cc(N3CCCC3)nc(N3CCCC3)n2)CC1. The monoisotopic (exact) mass is 475 g/mol. The fourth-order valence-corrected chi connectivity index (χ4v) is 5.62. The normalized spacial score (nSPS) is 20.9. The Bertz CT molecular complexity index is 1030. The molecule has 0 aliphatic carbocycles. The Balaban J connectivity index is 1.10. The van der Waals surface area contributed by atoms with Crippen molar-refractivity contribution in [1.29, 1.82) is 0 Å². The molecule has 6 rings (SSSR count). The number of carbonyl (C=O) groups is 2. The highest BCUT2D eigenvalue weighted by atomic mass is 16.2. The molecule has 0 saturated carbocycles. The zero-order chi connectivity index (χ0) is 23.8. The van der Waals surface area contributed by atoms with Gasteiger partial charge in [0.2, 0.25) is 5.95 Å². The first-order valence-electron chi connectivity index (χ1n) is 13.0. The van der Waals surface area contributed by atoms with Gasteiger partial charge in [0.15, 0.2) is 0 Å². The summed E-state index contributed by atoms with van der Waals surface area (Å²) in [5.74, 6) is 2.60. The Kier molecular flexibility index (Phi) is 6.01. The van der Waals surface area contributed by atoms with E-state index in [1.165, 1.54) is 30.6 Å². The van der Waals surface area contributed by atoms with Gasteiger partial charge in [-0.25, -0.2) is 0 Å². The Labute approximate surface area is 206 Å². The number of piperazine rings is 1. The Morgan fingerprint density at radius 1 is 0.629 bits per heavy atom. The second-order valence-corrected chi connectivity index (χ2v) is 9.91. The number of rotatable bonds is 6. The highest BCUT2D eigenvalue weighted by molar-refractivity contribution is 6.21. The second kappa shape index (κ2) is 9.45. The summed E-state index contributed by atoms with van der Waals surface area (Å²) in [5, 5.41) is 0. The number of anilines is 3. The lowest BCUT2D eigenvalue weighted by atomic mass is 10.1. The van der Waals surface area contributed by atoms with Gasteiger partial charge in [0, 0.05) is 71.5 Å². The zero-order valence-corrected chi connectivity index (χ0v) is 20.2. The predicted octanol–water partition coefficient (Wildman–Crippen LogP) is 2.10. The van der Waals surface area contributed by atoms with Gasteiger partial charge in [-0.1, -0.05) is 12.1 Å². The van der Waals surface area contributed by atoms with E-state index in [1.807, 2.05) is 12.1 Å². The number of imide groups is 1. The van der Waals surface area contributed by atoms with Crippen LogP contribution >= 0.6 is 0 Å². The first-order chi connectivity index (χ1) is 17.2. The molecule has 9 nitrogen and oxygen atoms in total. The summed E-state index contributed by atoms with van der Waals surface area (Å²) in [6.07, 6.45) is 4.87. The minimum Gasteiger partial charge on any atom is -0.356 e. The second-order valence-electron chi connectivity index (χ2n) is 9.91. The fourth-order valence-electron chi connectivity index (χ4n) is 5.62. The third-order valence-corrected chi connectivity index (χ3v) is 7.72. The van der Waals surface area contributed by atoms with Crippen molar-refractivity contribution in [2.45, 2.75) is 25.7 Å². The van der Waals surface area contributed by atoms with Gasteiger partial charge in [0.1, 0.15) is 11.6 Å². The average molecular weight is 476 g/mol. The van der Waals surface area contributed by atoms with Crippen molar-refractivity contribution in [2.75, 3.05) is 80.1 Å². The molecule has 1 aromatic carbocycles. The van der Waals surface area contributed by atoms with Gasteiger partial charge < -0.3 is 14.7 Å². The fraction of sp³-hybridized carbons (Fsp3) is 0.538. The molecule has 184 valence electrons. The molecule has 1 aromatic heterocycles. The van der Waals surface area contributed by atoms with Gasteiger partial charge in [-0.15, -0.1) is 0 Å². The van der Waals surface area contributed by atoms with E-state index in [-0.39, 0.29) is 11.8 Å². The summed E-state index contributed by atoms with van der Waals surface area (Å²) in [6, 6.07) is 9.26. The largest absolute Gasteiger partial charge is 0.356 e. The zero-order valence-electron chi connectivity index (χ0n) is 20.2. The summed E-state index contributed by atoms with van der Waals surface area (Å²) >= 11 is 0. The smallest absolute Gasteiger partial charge is 0.261 e. The number of aromatic nitrogens is 2. The van der Waals surface area contributed by atoms with E-state index in [2.05, 4.69) is 25.7 Å². The van der Waals surface area contributed by atoms with Crippen molar-refractivity contribution in [1.82, 2.24) is 19.8 Å². The van der Waals surface area contributed by atoms with Crippen LogP contribution in [-0.2, 0) is 0 Å². The van der Waals surface area contributed by atoms with Crippen LogP contribution in [0.2, 0.25) is 0 Å². The number of amides is 2. The van der Waals surface area contributed by atoms with Crippen LogP contribution in [0.3, 0.4) is 0 Å². The summed E-state index contributed by atoms with van der Waals surface area (Å²) in [6.45, 7) is 8.84. The quantitative estimate of drug-likeness (QED) is 0.588. The minimum absolute atomic E-state index is 0.172. The molecule has 0 atom stereocenters. The molecule has 3 saturated heterocycles. The van der Waals surface area contributed by atoms with Crippen molar-refractivity contribution in [2.24, 2.45) is 0 Å². The minimum atomic E-state index is -0.172. The number of carbonyl (C=O) groups excluding carboxylic acids is 2. The molecule has 2 aromatic rings. The van der Waals surface area contributed by atoms with E-state index < -0.39 is 0 Å². The number of hydrogen-bond acceptors (Lipinski definition) is 8. The van der Waals surface area contributed by atoms with Crippen molar-refractivity contribution in [3.05, 3.63) is 41.5 Å². The molecular formula is C26H33N7O2. The molecule has 0 spiro atoms. The van der Waals surface area contributed by atoms with Gasteiger partial charge in [-0.2, -0.15) is 9.97 Å². The number of hydrogen-bond donors (Lipinski definition) is 0. The molecule has 2 amide bonds. The lowest BCUT2D eigenvalue weighted by molar-refractivity contribution is 0.0635. The van der Waals surface area contributed by atoms with Crippen molar-refractivity contribution >= 4 is 29.4 Å². The van der Waals surface area contributed by atoms with Gasteiger partial charge in [0.05, 0.1) is 11.1 Å². The molecule has 3 fully saturated rings. The molecule has 0 unspecified atom stereocenters. The molecule has 0 bridgehead atoms. The summed E-state index contributed by atoms with van der Waals surface area (Å²) in [7, 11) is 0. The maximum Gasteiger partial charge on any atom is 0.261 e. The van der Waals surface area contributed by atoms with E-state index in [1.54, 1.807) is 12.1 Å². The van der Waals surface area contributed by atoms with Crippen LogP contribution in [0.15, 0.2) is 30.3 Å². The molecule has 4 aliphatic rings. The van der Waals surface area contributed by atoms with Crippen molar-refractivity contribution in [3.63, 3.8) is 0 Å². The summed E-state index contributed by atoms with van der Waals surface area (Å²) in [4.78, 5) is 46.0. The Morgan fingerprint density at radius 2 is 1.14 bits per heavy atom. The molecular weight excluding hydrogens is 442 g/mol. The molecule has 4 aliphatic heterocycles. The highest BCUT2D eigenvalue weighted by Crippen LogP contribution is 2.28. The van der Waals surface area contributed by atoms with Crippen LogP contribution in [0.1, 0.15) is 46.4 Å². The van der Waals surface area contributed by atoms with E-state index in [0.717, 1.165) is 69.9 Å². The first-order valence-corrected chi connectivity index (χ1v) is 13.0. The van der Waals surface area contributed by atoms with Crippen LogP contribution in [0.4, 0.5) is 17.6 Å². The standard InChI is InChI=1S/C26H33N7O2/c34-24-20-7-1-2-8-21(20)25(35)33(24)18-15-29-13-16-31(17-14-29)23-19-22(30-9-3-4-10-30)27-26(28-23)32-11-5-6-12-32/h1-2,7-8,19H,3-6,9-18H2. The number of fused-ring (bicyclic) bond motifs is 1. The molecule has 35 heavy (non-hydrogen) atoms. The van der Waals surface area contributed by atoms with Gasteiger partial charge in [0.25, 0.3) is 11.8 Å². The van der Waals surface area contributed by atoms with Gasteiger partial charge in [-0.3, -0.25) is 19.4 Å². The summed E-state index contributed by atoms with van der Waals surface area (Å²) < 4.78 is 0. The van der Waals surface area contributed by atoms with E-state index in [4.69, 9.17) is 9.97 Å². The maximum atomic E-state index is 12.7. The third kappa shape index (κ3) is 4.33. The molecule has 9 heteroatoms. The Hall–Kier alpha value is -3.20. The molecule has 0 radical (unpaired) electrons. The lowest BCUT2D eigenvalue weighted by Gasteiger charge is -2.36. The van der Waals surface area contributed by atoms with Crippen LogP contribution in [0.5, 0.6) is 0 Å². The van der Waals surface area contributed by atoms with Crippen molar-refractivity contribution in [3.8, 4) is 0 Å². The average Bonchev–Trinajstić information content (AvgIpc) is 3.67. The Morgan fingerprint density at radius 3 is 1.71 bits per heavy atom. The van der Waals surface area contributed by atoms with E-state index >= 15 is 0 Å². The number of benzene rings is 1. The number of nitrogens with zero attached hydrogens (tertiary/aromatic N) is 7. The molecule has 5 heterocycles. The van der Waals surface area contributed by atoms with E-state index in [9.17, 15) is 9.59 Å². The molecule has 0 N–H and O–H groups in total. The summed E-state index contributed by atoms with van der Waals surface area (Å²) in [5.41, 5.74) is 1.04.